The highest BCUT2D eigenvalue weighted by Crippen LogP contribution is 2.39. The number of hydrogen-bond acceptors (Lipinski definition) is 4. The van der Waals surface area contributed by atoms with Crippen LogP contribution in [0.1, 0.15) is 52.7 Å². The van der Waals surface area contributed by atoms with Crippen molar-refractivity contribution >= 4 is 46.0 Å². The molecule has 0 saturated carbocycles. The average Bonchev–Trinajstić information content (AvgIpc) is 2.72. The van der Waals surface area contributed by atoms with E-state index in [0.717, 1.165) is 21.9 Å². The second kappa shape index (κ2) is 7.99. The largest absolute Gasteiger partial charge is 0.491 e. The summed E-state index contributed by atoms with van der Waals surface area (Å²) in [7, 11) is -0.440. The average molecular weight is 425 g/mol. The first-order valence-electron chi connectivity index (χ1n) is 8.53. The maximum absolute atomic E-state index is 11.5. The van der Waals surface area contributed by atoms with Crippen LogP contribution in [-0.4, -0.2) is 29.2 Å². The third kappa shape index (κ3) is 5.00. The lowest BCUT2D eigenvalue weighted by Crippen LogP contribution is -2.41. The van der Waals surface area contributed by atoms with Gasteiger partial charge in [-0.1, -0.05) is 46.8 Å². The Morgan fingerprint density at radius 3 is 2.36 bits per heavy atom. The lowest BCUT2D eigenvalue weighted by molar-refractivity contribution is -0.109. The molecule has 0 aliphatic carbocycles. The molecule has 25 heavy (non-hydrogen) atoms. The summed E-state index contributed by atoms with van der Waals surface area (Å²) >= 11 is 4.82. The van der Waals surface area contributed by atoms with E-state index in [-0.39, 0.29) is 5.12 Å². The molecular formula is C19H26BBrO3S. The molecule has 0 unspecified atom stereocenters. The van der Waals surface area contributed by atoms with Crippen LogP contribution in [0.4, 0.5) is 0 Å². The van der Waals surface area contributed by atoms with Gasteiger partial charge in [-0.3, -0.25) is 4.79 Å². The van der Waals surface area contributed by atoms with E-state index >= 15 is 0 Å². The summed E-state index contributed by atoms with van der Waals surface area (Å²) in [6.07, 6.45) is 3.05. The fourth-order valence-electron chi connectivity index (χ4n) is 2.58. The van der Waals surface area contributed by atoms with Crippen molar-refractivity contribution in [2.75, 3.05) is 5.75 Å². The van der Waals surface area contributed by atoms with E-state index in [1.54, 1.807) is 6.92 Å². The molecule has 0 N–H and O–H groups in total. The molecule has 2 rings (SSSR count). The summed E-state index contributed by atoms with van der Waals surface area (Å²) < 4.78 is 13.5. The van der Waals surface area contributed by atoms with Gasteiger partial charge in [0, 0.05) is 17.1 Å². The minimum Gasteiger partial charge on any atom is -0.400 e. The van der Waals surface area contributed by atoms with Crippen molar-refractivity contribution in [3.05, 3.63) is 39.3 Å². The Morgan fingerprint density at radius 1 is 1.24 bits per heavy atom. The van der Waals surface area contributed by atoms with Crippen molar-refractivity contribution in [3.8, 4) is 0 Å². The zero-order valence-corrected chi connectivity index (χ0v) is 18.2. The zero-order valence-electron chi connectivity index (χ0n) is 15.8. The Kier molecular flexibility index (Phi) is 6.63. The normalized spacial score (nSPS) is 19.3. The van der Waals surface area contributed by atoms with E-state index in [2.05, 4.69) is 41.1 Å². The highest BCUT2D eigenvalue weighted by molar-refractivity contribution is 9.10. The first-order chi connectivity index (χ1) is 11.6. The van der Waals surface area contributed by atoms with Gasteiger partial charge in [-0.25, -0.2) is 0 Å². The van der Waals surface area contributed by atoms with Crippen LogP contribution in [-0.2, 0) is 20.5 Å². The van der Waals surface area contributed by atoms with E-state index in [0.29, 0.717) is 5.75 Å². The second-order valence-electron chi connectivity index (χ2n) is 7.28. The van der Waals surface area contributed by atoms with E-state index in [9.17, 15) is 4.79 Å². The smallest absolute Gasteiger partial charge is 0.400 e. The molecule has 1 heterocycles. The molecule has 136 valence electrons. The number of carbonyl (C=O) groups excluding carboxylic acids is 1. The molecule has 3 nitrogen and oxygen atoms in total. The lowest BCUT2D eigenvalue weighted by atomic mass is 9.78. The molecule has 0 atom stereocenters. The van der Waals surface area contributed by atoms with Crippen LogP contribution in [0.2, 0.25) is 0 Å². The van der Waals surface area contributed by atoms with E-state index in [1.807, 2.05) is 33.8 Å². The molecule has 0 spiro atoms. The Labute approximate surface area is 164 Å². The number of rotatable bonds is 5. The SMILES string of the molecule is CCc1cc(Br)ccc1C=C(CSC(C)=O)B1OC(C)(C)C(C)(C)O1. The van der Waals surface area contributed by atoms with Gasteiger partial charge >= 0.3 is 7.12 Å². The zero-order chi connectivity index (χ0) is 18.8. The Morgan fingerprint density at radius 2 is 1.84 bits per heavy atom. The predicted octanol–water partition coefficient (Wildman–Crippen LogP) is 5.31. The van der Waals surface area contributed by atoms with Gasteiger partial charge in [-0.15, -0.1) is 0 Å². The van der Waals surface area contributed by atoms with Gasteiger partial charge in [0.1, 0.15) is 0 Å². The monoisotopic (exact) mass is 424 g/mol. The van der Waals surface area contributed by atoms with Gasteiger partial charge in [0.05, 0.1) is 11.2 Å². The molecule has 1 aromatic rings. The Hall–Kier alpha value is -0.555. The van der Waals surface area contributed by atoms with Crippen LogP contribution in [0.3, 0.4) is 0 Å². The van der Waals surface area contributed by atoms with Gasteiger partial charge in [0.25, 0.3) is 0 Å². The fraction of sp³-hybridized carbons (Fsp3) is 0.526. The van der Waals surface area contributed by atoms with Crippen molar-refractivity contribution in [2.45, 2.75) is 59.2 Å². The van der Waals surface area contributed by atoms with Gasteiger partial charge in [0.2, 0.25) is 0 Å². The fourth-order valence-corrected chi connectivity index (χ4v) is 3.58. The van der Waals surface area contributed by atoms with Crippen LogP contribution < -0.4 is 0 Å². The number of hydrogen-bond donors (Lipinski definition) is 0. The molecule has 0 aromatic heterocycles. The minimum atomic E-state index is -0.440. The summed E-state index contributed by atoms with van der Waals surface area (Å²) in [6, 6.07) is 6.25. The van der Waals surface area contributed by atoms with Crippen LogP contribution in [0.5, 0.6) is 0 Å². The van der Waals surface area contributed by atoms with E-state index in [4.69, 9.17) is 9.31 Å². The van der Waals surface area contributed by atoms with E-state index in [1.165, 1.54) is 17.3 Å². The maximum Gasteiger partial charge on any atom is 0.491 e. The molecule has 1 saturated heterocycles. The third-order valence-corrected chi connectivity index (χ3v) is 6.20. The Balaban J connectivity index is 2.38. The summed E-state index contributed by atoms with van der Waals surface area (Å²) in [5.41, 5.74) is 2.57. The quantitative estimate of drug-likeness (QED) is 0.600. The predicted molar refractivity (Wildman–Crippen MR) is 111 cm³/mol. The topological polar surface area (TPSA) is 35.5 Å². The van der Waals surface area contributed by atoms with Gasteiger partial charge in [0.15, 0.2) is 5.12 Å². The highest BCUT2D eigenvalue weighted by atomic mass is 79.9. The molecule has 1 aliphatic rings. The van der Waals surface area contributed by atoms with Crippen molar-refractivity contribution in [3.63, 3.8) is 0 Å². The van der Waals surface area contributed by atoms with Gasteiger partial charge < -0.3 is 9.31 Å². The van der Waals surface area contributed by atoms with Crippen LogP contribution >= 0.6 is 27.7 Å². The maximum atomic E-state index is 11.5. The summed E-state index contributed by atoms with van der Waals surface area (Å²) in [4.78, 5) is 11.5. The molecule has 0 bridgehead atoms. The Bertz CT molecular complexity index is 669. The number of carbonyl (C=O) groups is 1. The minimum absolute atomic E-state index is 0.0916. The summed E-state index contributed by atoms with van der Waals surface area (Å²) in [5, 5.41) is 0.0916. The van der Waals surface area contributed by atoms with Gasteiger partial charge in [-0.2, -0.15) is 0 Å². The standard InChI is InChI=1S/C19H26BBrO3S/c1-7-14-11-17(21)9-8-15(14)10-16(12-25-13(2)22)20-23-18(3,4)19(5,6)24-20/h8-11H,7,12H2,1-6H3. The van der Waals surface area contributed by atoms with Crippen molar-refractivity contribution in [2.24, 2.45) is 0 Å². The number of halogens is 1. The summed E-state index contributed by atoms with van der Waals surface area (Å²) in [5.74, 6) is 0.561. The molecular weight excluding hydrogens is 399 g/mol. The molecule has 1 fully saturated rings. The first-order valence-corrected chi connectivity index (χ1v) is 10.3. The molecule has 0 amide bonds. The third-order valence-electron chi connectivity index (χ3n) is 4.82. The van der Waals surface area contributed by atoms with Crippen LogP contribution in [0, 0.1) is 0 Å². The number of benzene rings is 1. The molecule has 1 aliphatic heterocycles. The molecule has 1 aromatic carbocycles. The van der Waals surface area contributed by atoms with Crippen LogP contribution in [0.15, 0.2) is 28.1 Å². The second-order valence-corrected chi connectivity index (χ2v) is 9.35. The van der Waals surface area contributed by atoms with Crippen LogP contribution in [0.25, 0.3) is 6.08 Å². The molecule has 0 radical (unpaired) electrons. The number of thioether (sulfide) groups is 1. The van der Waals surface area contributed by atoms with E-state index < -0.39 is 18.3 Å². The van der Waals surface area contributed by atoms with Crippen molar-refractivity contribution < 1.29 is 14.1 Å². The first kappa shape index (κ1) is 20.8. The highest BCUT2D eigenvalue weighted by Gasteiger charge is 2.52. The number of aryl methyl sites for hydroxylation is 1. The lowest BCUT2D eigenvalue weighted by Gasteiger charge is -2.32. The van der Waals surface area contributed by atoms with Gasteiger partial charge in [-0.05, 0) is 62.8 Å². The van der Waals surface area contributed by atoms with Crippen molar-refractivity contribution in [1.29, 1.82) is 0 Å². The summed E-state index contributed by atoms with van der Waals surface area (Å²) in [6.45, 7) is 11.9. The van der Waals surface area contributed by atoms with Crippen molar-refractivity contribution in [1.82, 2.24) is 0 Å². The molecule has 6 heteroatoms.